The Bertz CT molecular complexity index is 779. The van der Waals surface area contributed by atoms with Crippen molar-refractivity contribution in [3.05, 3.63) is 58.6 Å². The molecule has 0 saturated carbocycles. The molecule has 1 N–H and O–H groups in total. The molecule has 0 saturated heterocycles. The number of ether oxygens (including phenoxy) is 2. The fraction of sp³-hybridized carbons (Fsp3) is 0.263. The molecule has 0 bridgehead atoms. The first-order valence-corrected chi connectivity index (χ1v) is 9.44. The van der Waals surface area contributed by atoms with Gasteiger partial charge >= 0.3 is 0 Å². The number of carbonyl (C=O) groups is 1. The van der Waals surface area contributed by atoms with E-state index in [0.29, 0.717) is 28.0 Å². The Morgan fingerprint density at radius 2 is 1.81 bits per heavy atom. The normalized spacial score (nSPS) is 11.2. The Morgan fingerprint density at radius 3 is 2.46 bits per heavy atom. The zero-order chi connectivity index (χ0) is 18.9. The molecule has 0 aliphatic rings. The maximum Gasteiger partial charge on any atom is 0.250 e. The number of carbonyl (C=O) groups excluding carboxylic acids is 1. The van der Waals surface area contributed by atoms with Crippen LogP contribution < -0.4 is 14.9 Å². The van der Waals surface area contributed by atoms with Gasteiger partial charge in [0, 0.05) is 16.3 Å². The molecule has 0 radical (unpaired) electrons. The molecule has 7 heteroatoms. The van der Waals surface area contributed by atoms with E-state index >= 15 is 0 Å². The van der Waals surface area contributed by atoms with E-state index in [0.717, 1.165) is 16.9 Å². The fourth-order valence-corrected chi connectivity index (χ4v) is 3.05. The average Bonchev–Trinajstić information content (AvgIpc) is 2.67. The molecule has 2 aromatic carbocycles. The van der Waals surface area contributed by atoms with Crippen LogP contribution in [-0.2, 0) is 10.5 Å². The third-order valence-corrected chi connectivity index (χ3v) is 4.82. The minimum atomic E-state index is -0.149. The highest BCUT2D eigenvalue weighted by Gasteiger charge is 2.07. The molecule has 0 atom stereocenters. The number of thioether (sulfide) groups is 1. The van der Waals surface area contributed by atoms with Crippen LogP contribution in [0.3, 0.4) is 0 Å². The Hall–Kier alpha value is -2.18. The maximum absolute atomic E-state index is 11.9. The fourth-order valence-electron chi connectivity index (χ4n) is 2.15. The minimum absolute atomic E-state index is 0.149. The molecule has 0 aromatic heterocycles. The summed E-state index contributed by atoms with van der Waals surface area (Å²) in [4.78, 5) is 11.9. The van der Waals surface area contributed by atoms with Gasteiger partial charge in [0.15, 0.2) is 11.5 Å². The molecule has 26 heavy (non-hydrogen) atoms. The number of amides is 1. The lowest BCUT2D eigenvalue weighted by Crippen LogP contribution is -2.21. The molecule has 0 fully saturated rings. The van der Waals surface area contributed by atoms with Crippen LogP contribution in [-0.4, -0.2) is 31.6 Å². The van der Waals surface area contributed by atoms with Crippen molar-refractivity contribution >= 4 is 35.0 Å². The first-order chi connectivity index (χ1) is 12.5. The quantitative estimate of drug-likeness (QED) is 0.542. The van der Waals surface area contributed by atoms with Gasteiger partial charge < -0.3 is 9.47 Å². The van der Waals surface area contributed by atoms with Crippen molar-refractivity contribution < 1.29 is 14.3 Å². The number of methoxy groups -OCH3 is 2. The SMILES string of the molecule is COc1ccc(/C(C)=N\NC(=O)CSCc2ccc(Cl)cc2)cc1OC. The van der Waals surface area contributed by atoms with E-state index in [4.69, 9.17) is 21.1 Å². The van der Waals surface area contributed by atoms with Crippen LogP contribution in [0.1, 0.15) is 18.1 Å². The predicted octanol–water partition coefficient (Wildman–Crippen LogP) is 4.13. The Balaban J connectivity index is 1.85. The van der Waals surface area contributed by atoms with Gasteiger partial charge in [0.25, 0.3) is 0 Å². The van der Waals surface area contributed by atoms with Gasteiger partial charge in [-0.3, -0.25) is 4.79 Å². The molecule has 138 valence electrons. The number of nitrogens with zero attached hydrogens (tertiary/aromatic N) is 1. The van der Waals surface area contributed by atoms with Crippen molar-refractivity contribution in [2.75, 3.05) is 20.0 Å². The highest BCUT2D eigenvalue weighted by Crippen LogP contribution is 2.27. The Labute approximate surface area is 162 Å². The van der Waals surface area contributed by atoms with Gasteiger partial charge in [-0.1, -0.05) is 23.7 Å². The topological polar surface area (TPSA) is 59.9 Å². The van der Waals surface area contributed by atoms with Crippen LogP contribution in [0.4, 0.5) is 0 Å². The summed E-state index contributed by atoms with van der Waals surface area (Å²) in [7, 11) is 3.16. The van der Waals surface area contributed by atoms with E-state index in [1.54, 1.807) is 20.3 Å². The van der Waals surface area contributed by atoms with E-state index in [9.17, 15) is 4.79 Å². The number of nitrogens with one attached hydrogen (secondary N) is 1. The highest BCUT2D eigenvalue weighted by atomic mass is 35.5. The molecule has 0 spiro atoms. The van der Waals surface area contributed by atoms with Gasteiger partial charge in [-0.2, -0.15) is 5.10 Å². The predicted molar refractivity (Wildman–Crippen MR) is 108 cm³/mol. The summed E-state index contributed by atoms with van der Waals surface area (Å²) in [5.74, 6) is 2.17. The van der Waals surface area contributed by atoms with Gasteiger partial charge in [0.1, 0.15) is 0 Å². The summed E-state index contributed by atoms with van der Waals surface area (Å²) in [5.41, 5.74) is 5.23. The molecule has 0 heterocycles. The molecule has 0 unspecified atom stereocenters. The lowest BCUT2D eigenvalue weighted by Gasteiger charge is -2.09. The lowest BCUT2D eigenvalue weighted by atomic mass is 10.1. The lowest BCUT2D eigenvalue weighted by molar-refractivity contribution is -0.118. The Morgan fingerprint density at radius 1 is 1.12 bits per heavy atom. The van der Waals surface area contributed by atoms with E-state index in [1.165, 1.54) is 11.8 Å². The standard InChI is InChI=1S/C19H21ClN2O3S/c1-13(15-6-9-17(24-2)18(10-15)25-3)21-22-19(23)12-26-11-14-4-7-16(20)8-5-14/h4-10H,11-12H2,1-3H3,(H,22,23)/b21-13-. The van der Waals surface area contributed by atoms with Crippen LogP contribution in [0.15, 0.2) is 47.6 Å². The van der Waals surface area contributed by atoms with E-state index in [-0.39, 0.29) is 5.91 Å². The molecular weight excluding hydrogens is 372 g/mol. The summed E-state index contributed by atoms with van der Waals surface area (Å²) >= 11 is 7.37. The second kappa shape index (κ2) is 10.1. The van der Waals surface area contributed by atoms with E-state index in [2.05, 4.69) is 10.5 Å². The number of hydrogen-bond acceptors (Lipinski definition) is 5. The molecule has 2 rings (SSSR count). The summed E-state index contributed by atoms with van der Waals surface area (Å²) in [5, 5.41) is 4.86. The largest absolute Gasteiger partial charge is 0.493 e. The molecule has 1 amide bonds. The zero-order valence-corrected chi connectivity index (χ0v) is 16.5. The summed E-state index contributed by atoms with van der Waals surface area (Å²) < 4.78 is 10.5. The Kier molecular flexibility index (Phi) is 7.81. The van der Waals surface area contributed by atoms with E-state index in [1.807, 2.05) is 43.3 Å². The van der Waals surface area contributed by atoms with Crippen LogP contribution in [0.25, 0.3) is 0 Å². The van der Waals surface area contributed by atoms with Crippen molar-refractivity contribution in [2.24, 2.45) is 5.10 Å². The van der Waals surface area contributed by atoms with Gasteiger partial charge in [0.05, 0.1) is 25.7 Å². The first kappa shape index (κ1) is 20.1. The number of benzene rings is 2. The second-order valence-corrected chi connectivity index (χ2v) is 6.84. The smallest absolute Gasteiger partial charge is 0.250 e. The second-order valence-electron chi connectivity index (χ2n) is 5.42. The number of rotatable bonds is 8. The van der Waals surface area contributed by atoms with Gasteiger partial charge in [-0.15, -0.1) is 11.8 Å². The summed E-state index contributed by atoms with van der Waals surface area (Å²) in [6, 6.07) is 13.1. The van der Waals surface area contributed by atoms with Crippen molar-refractivity contribution in [1.29, 1.82) is 0 Å². The third kappa shape index (κ3) is 5.97. The van der Waals surface area contributed by atoms with Crippen LogP contribution in [0.2, 0.25) is 5.02 Å². The van der Waals surface area contributed by atoms with Gasteiger partial charge in [-0.25, -0.2) is 5.43 Å². The summed E-state index contributed by atoms with van der Waals surface area (Å²) in [6.07, 6.45) is 0. The molecule has 2 aromatic rings. The van der Waals surface area contributed by atoms with Crippen LogP contribution in [0, 0.1) is 0 Å². The van der Waals surface area contributed by atoms with Crippen molar-refractivity contribution in [1.82, 2.24) is 5.43 Å². The van der Waals surface area contributed by atoms with Gasteiger partial charge in [0.2, 0.25) is 5.91 Å². The molecule has 5 nitrogen and oxygen atoms in total. The molecule has 0 aliphatic heterocycles. The number of hydrogen-bond donors (Lipinski definition) is 1. The first-order valence-electron chi connectivity index (χ1n) is 7.91. The van der Waals surface area contributed by atoms with Crippen LogP contribution in [0.5, 0.6) is 11.5 Å². The minimum Gasteiger partial charge on any atom is -0.493 e. The molecule has 0 aliphatic carbocycles. The van der Waals surface area contributed by atoms with Crippen molar-refractivity contribution in [3.8, 4) is 11.5 Å². The van der Waals surface area contributed by atoms with Crippen molar-refractivity contribution in [3.63, 3.8) is 0 Å². The third-order valence-electron chi connectivity index (χ3n) is 3.56. The van der Waals surface area contributed by atoms with Crippen molar-refractivity contribution in [2.45, 2.75) is 12.7 Å². The van der Waals surface area contributed by atoms with Gasteiger partial charge in [-0.05, 0) is 42.8 Å². The van der Waals surface area contributed by atoms with Crippen LogP contribution >= 0.6 is 23.4 Å². The zero-order valence-electron chi connectivity index (χ0n) is 14.9. The summed E-state index contributed by atoms with van der Waals surface area (Å²) in [6.45, 7) is 1.82. The number of hydrazone groups is 1. The average molecular weight is 393 g/mol. The molecular formula is C19H21ClN2O3S. The monoisotopic (exact) mass is 392 g/mol. The maximum atomic E-state index is 11.9. The number of halogens is 1. The highest BCUT2D eigenvalue weighted by molar-refractivity contribution is 7.99. The van der Waals surface area contributed by atoms with E-state index < -0.39 is 0 Å².